The number of H-pyrrole nitrogens is 3. The predicted molar refractivity (Wildman–Crippen MR) is 206 cm³/mol. The maximum atomic E-state index is 14.5. The second kappa shape index (κ2) is 14.1. The Balaban J connectivity index is 1.38. The number of hydrogen-bond acceptors (Lipinski definition) is 5. The van der Waals surface area contributed by atoms with E-state index in [-0.39, 0.29) is 36.6 Å². The van der Waals surface area contributed by atoms with Gasteiger partial charge in [-0.15, -0.1) is 0 Å². The van der Waals surface area contributed by atoms with Gasteiger partial charge in [0.25, 0.3) is 0 Å². The van der Waals surface area contributed by atoms with E-state index in [1.54, 1.807) is 7.11 Å². The molecule has 1 unspecified atom stereocenters. The third kappa shape index (κ3) is 6.17. The number of rotatable bonds is 11. The van der Waals surface area contributed by atoms with E-state index in [0.717, 1.165) is 92.8 Å². The Morgan fingerprint density at radius 1 is 1.00 bits per heavy atom. The van der Waals surface area contributed by atoms with Gasteiger partial charge in [0.15, 0.2) is 18.8 Å². The predicted octanol–water partition coefficient (Wildman–Crippen LogP) is 7.11. The van der Waals surface area contributed by atoms with Crippen LogP contribution in [-0.4, -0.2) is 46.7 Å². The molecule has 4 aliphatic rings. The lowest BCUT2D eigenvalue weighted by molar-refractivity contribution is -0.142. The third-order valence-electron chi connectivity index (χ3n) is 11.8. The number of nitrogens with one attached hydrogen (secondary N) is 4. The van der Waals surface area contributed by atoms with Crippen LogP contribution in [-0.2, 0) is 25.4 Å². The first-order valence-corrected chi connectivity index (χ1v) is 18.9. The minimum Gasteiger partial charge on any atom is -0.461 e. The van der Waals surface area contributed by atoms with Gasteiger partial charge >= 0.3 is 12.3 Å². The topological polar surface area (TPSA) is 118 Å². The van der Waals surface area contributed by atoms with Gasteiger partial charge in [-0.2, -0.15) is 0 Å². The van der Waals surface area contributed by atoms with Crippen molar-refractivity contribution in [1.29, 1.82) is 0 Å². The van der Waals surface area contributed by atoms with Gasteiger partial charge < -0.3 is 25.0 Å². The Labute approximate surface area is 306 Å². The second-order valence-electron chi connectivity index (χ2n) is 14.9. The highest BCUT2D eigenvalue weighted by atomic mass is 17.5. The maximum absolute atomic E-state index is 14.5. The summed E-state index contributed by atoms with van der Waals surface area (Å²) in [5, 5.41) is 5.87. The van der Waals surface area contributed by atoms with Gasteiger partial charge in [0.05, 0.1) is 5.69 Å². The molecule has 3 aromatic heterocycles. The zero-order valence-corrected chi connectivity index (χ0v) is 31.9. The zero-order valence-electron chi connectivity index (χ0n) is 31.9. The highest BCUT2D eigenvalue weighted by Gasteiger charge is 2.62. The van der Waals surface area contributed by atoms with E-state index in [2.05, 4.69) is 91.1 Å². The Bertz CT molecular complexity index is 2190. The van der Waals surface area contributed by atoms with Gasteiger partial charge in [0.1, 0.15) is 6.61 Å². The van der Waals surface area contributed by atoms with Crippen LogP contribution in [0.1, 0.15) is 121 Å². The standard InChI is InChI=1S/C43H52N4O5/c1-10-13-14-22(4)17-18-50-36(48)16-15-29-25(7)32-19-30-23(5)27(11-2)34(44-30)20-31-24(6)28(12-3)35(45-31)21-33-26(8)37-41(47-33)38(40(29)46-32)39(42(37)49)43-51-52(43)9/h11,17,19-21,25,29,39,43-45H,2,10,12-16,18H2,1,3-9H3,(H-,46,47,49)/p+1/b22-17+,31-20-,32-19-,35-21-/t25-,29-,39+,43?/m0/s1. The molecule has 1 aliphatic carbocycles. The molecule has 0 saturated carbocycles. The van der Waals surface area contributed by atoms with E-state index < -0.39 is 12.2 Å². The maximum Gasteiger partial charge on any atom is 0.384 e. The molecular weight excluding hydrogens is 652 g/mol. The number of ether oxygens (including phenoxy) is 1. The summed E-state index contributed by atoms with van der Waals surface area (Å²) in [5.41, 5.74) is 14.0. The zero-order chi connectivity index (χ0) is 37.0. The molecule has 0 spiro atoms. The first-order chi connectivity index (χ1) is 25.0. The molecule has 52 heavy (non-hydrogen) atoms. The number of allylic oxidation sites excluding steroid dienone is 3. The van der Waals surface area contributed by atoms with E-state index in [9.17, 15) is 9.59 Å². The number of carbonyl (C=O) groups excluding carboxylic acids is 2. The van der Waals surface area contributed by atoms with Crippen molar-refractivity contribution in [2.24, 2.45) is 17.8 Å². The fourth-order valence-corrected chi connectivity index (χ4v) is 8.50. The Kier molecular flexibility index (Phi) is 9.69. The smallest absolute Gasteiger partial charge is 0.384 e. The SMILES string of the molecule is C=Cc1c2[nH]c(c1C)/C=C1\N/C(=C3\c4[nH]c(c(C)c4C(=O)[C@@H]3C3O[O+]3C)/C=c3\[nH]/c(c(C)c3CC)=C\2)[C@@H](CCC(=O)OC/C=C(\C)CCCC)[C@@H]1C. The molecule has 2 fully saturated rings. The van der Waals surface area contributed by atoms with E-state index in [0.29, 0.717) is 12.0 Å². The van der Waals surface area contributed by atoms with Crippen molar-refractivity contribution in [2.75, 3.05) is 13.7 Å². The summed E-state index contributed by atoms with van der Waals surface area (Å²) in [6, 6.07) is 0. The lowest BCUT2D eigenvalue weighted by Gasteiger charge is -2.18. The molecule has 2 saturated heterocycles. The van der Waals surface area contributed by atoms with Crippen molar-refractivity contribution in [3.8, 4) is 0 Å². The number of carbonyl (C=O) groups is 2. The molecule has 274 valence electrons. The normalized spacial score (nSPS) is 26.0. The molecule has 4 atom stereocenters. The van der Waals surface area contributed by atoms with Gasteiger partial charge in [0.2, 0.25) is 0 Å². The third-order valence-corrected chi connectivity index (χ3v) is 11.8. The first-order valence-electron chi connectivity index (χ1n) is 18.9. The van der Waals surface area contributed by atoms with E-state index in [4.69, 9.17) is 9.62 Å². The van der Waals surface area contributed by atoms with Crippen LogP contribution >= 0.6 is 0 Å². The van der Waals surface area contributed by atoms with Crippen molar-refractivity contribution in [3.05, 3.63) is 96.5 Å². The number of esters is 1. The summed E-state index contributed by atoms with van der Waals surface area (Å²) in [4.78, 5) is 44.6. The molecule has 8 bridgehead atoms. The fourth-order valence-electron chi connectivity index (χ4n) is 8.50. The number of ketones is 1. The summed E-state index contributed by atoms with van der Waals surface area (Å²) in [7, 11) is 1.79. The number of hydrogen-bond donors (Lipinski definition) is 4. The average Bonchev–Trinajstić information content (AvgIpc) is 3.35. The second-order valence-corrected chi connectivity index (χ2v) is 14.9. The summed E-state index contributed by atoms with van der Waals surface area (Å²) < 4.78 is 8.33. The molecule has 6 heterocycles. The van der Waals surface area contributed by atoms with Crippen molar-refractivity contribution < 1.29 is 23.7 Å². The first kappa shape index (κ1) is 35.8. The minimum atomic E-state index is -0.533. The number of aromatic nitrogens is 3. The van der Waals surface area contributed by atoms with Crippen LogP contribution in [0, 0.1) is 38.5 Å². The Morgan fingerprint density at radius 2 is 1.73 bits per heavy atom. The summed E-state index contributed by atoms with van der Waals surface area (Å²) in [6.07, 6.45) is 15.0. The van der Waals surface area contributed by atoms with Crippen LogP contribution in [0.3, 0.4) is 0 Å². The Morgan fingerprint density at radius 3 is 2.42 bits per heavy atom. The average molecular weight is 706 g/mol. The van der Waals surface area contributed by atoms with Crippen molar-refractivity contribution >= 4 is 41.6 Å². The van der Waals surface area contributed by atoms with Crippen LogP contribution in [0.25, 0.3) is 29.9 Å². The van der Waals surface area contributed by atoms with Crippen molar-refractivity contribution in [3.63, 3.8) is 0 Å². The van der Waals surface area contributed by atoms with Crippen molar-refractivity contribution in [2.45, 2.75) is 93.3 Å². The molecule has 7 rings (SSSR count). The van der Waals surface area contributed by atoms with Gasteiger partial charge in [0, 0.05) is 74.1 Å². The summed E-state index contributed by atoms with van der Waals surface area (Å²) >= 11 is 0. The molecule has 3 aliphatic heterocycles. The Hall–Kier alpha value is -4.60. The summed E-state index contributed by atoms with van der Waals surface area (Å²) in [5.74, 6) is -0.760. The highest BCUT2D eigenvalue weighted by Crippen LogP contribution is 2.52. The number of unbranched alkanes of at least 4 members (excludes halogenated alkanes) is 1. The molecule has 3 aromatic rings. The largest absolute Gasteiger partial charge is 0.461 e. The van der Waals surface area contributed by atoms with Crippen molar-refractivity contribution in [1.82, 2.24) is 20.3 Å². The van der Waals surface area contributed by atoms with Crippen LogP contribution in [0.4, 0.5) is 0 Å². The van der Waals surface area contributed by atoms with Gasteiger partial charge in [-0.3, -0.25) is 9.59 Å². The molecule has 4 N–H and O–H groups in total. The van der Waals surface area contributed by atoms with Gasteiger partial charge in [-0.1, -0.05) is 45.4 Å². The molecule has 0 amide bonds. The highest BCUT2D eigenvalue weighted by molar-refractivity contribution is 6.16. The van der Waals surface area contributed by atoms with Crippen LogP contribution in [0.5, 0.6) is 0 Å². The van der Waals surface area contributed by atoms with E-state index >= 15 is 0 Å². The minimum absolute atomic E-state index is 0.0248. The van der Waals surface area contributed by atoms with E-state index in [1.807, 2.05) is 19.1 Å². The number of aromatic amines is 3. The molecule has 0 radical (unpaired) electrons. The lowest BCUT2D eigenvalue weighted by atomic mass is 9.85. The monoisotopic (exact) mass is 705 g/mol. The summed E-state index contributed by atoms with van der Waals surface area (Å²) in [6.45, 7) is 19.4. The lowest BCUT2D eigenvalue weighted by Crippen LogP contribution is -2.22. The van der Waals surface area contributed by atoms with Crippen LogP contribution in [0.15, 0.2) is 29.6 Å². The fraction of sp³-hybridized carbons (Fsp3) is 0.442. The number of Topliss-reactive ketones (excluding diaryl/α,β-unsaturated/α-hetero) is 1. The molecule has 0 aromatic carbocycles. The molecular formula is C43H53N4O5+. The van der Waals surface area contributed by atoms with E-state index in [1.165, 1.54) is 16.7 Å². The van der Waals surface area contributed by atoms with Gasteiger partial charge in [-0.05, 0) is 105 Å². The molecule has 9 heteroatoms. The number of fused-ring (bicyclic) bond motifs is 7. The van der Waals surface area contributed by atoms with Gasteiger partial charge in [-0.25, -0.2) is 4.52 Å². The quantitative estimate of drug-likeness (QED) is 0.0558. The van der Waals surface area contributed by atoms with Crippen LogP contribution < -0.4 is 16.0 Å². The van der Waals surface area contributed by atoms with Crippen LogP contribution in [0.2, 0.25) is 0 Å². The molecule has 9 nitrogen and oxygen atoms in total.